The lowest BCUT2D eigenvalue weighted by molar-refractivity contribution is -0.437. The molecule has 7 aromatic rings. The van der Waals surface area contributed by atoms with Crippen molar-refractivity contribution in [3.63, 3.8) is 0 Å². The van der Waals surface area contributed by atoms with Gasteiger partial charge in [0, 0.05) is 95.9 Å². The summed E-state index contributed by atoms with van der Waals surface area (Å²) >= 11 is 0. The third-order valence-corrected chi connectivity index (χ3v) is 24.0. The number of amides is 2. The first-order valence-corrected chi connectivity index (χ1v) is 43.2. The van der Waals surface area contributed by atoms with E-state index in [1.807, 2.05) is 0 Å². The van der Waals surface area contributed by atoms with Crippen LogP contribution in [0.3, 0.4) is 0 Å². The number of ether oxygens (including phenoxy) is 1. The van der Waals surface area contributed by atoms with Gasteiger partial charge in [0.15, 0.2) is 5.71 Å². The summed E-state index contributed by atoms with van der Waals surface area (Å²) in [7, 11) is -30.8. The van der Waals surface area contributed by atoms with E-state index in [9.17, 15) is 114 Å². The number of nitrogens with zero attached hydrogens (tertiary/aromatic N) is 3. The number of carbonyl (C=O) groups is 3. The number of nitrogens with two attached hydrogens (primary N) is 1. The average molecular weight is 1680 g/mol. The number of allylic oxidation sites excluding steroid dienone is 6. The number of hydrogen-bond donors (Lipinski definition) is 8. The van der Waals surface area contributed by atoms with Crippen LogP contribution in [0, 0.1) is 0 Å². The van der Waals surface area contributed by atoms with Gasteiger partial charge in [0.05, 0.1) is 26.7 Å². The summed E-state index contributed by atoms with van der Waals surface area (Å²) < 4.78 is 296. The van der Waals surface area contributed by atoms with Gasteiger partial charge in [-0.15, -0.1) is 0 Å². The Morgan fingerprint density at radius 3 is 1.79 bits per heavy atom. The molecule has 0 bridgehead atoms. The molecule has 1 aromatic heterocycles. The van der Waals surface area contributed by atoms with Crippen molar-refractivity contribution in [1.82, 2.24) is 15.6 Å². The lowest BCUT2D eigenvalue weighted by Crippen LogP contribution is -2.30. The van der Waals surface area contributed by atoms with Crippen molar-refractivity contribution < 1.29 is 127 Å². The van der Waals surface area contributed by atoms with Gasteiger partial charge in [0.1, 0.15) is 27.8 Å². The van der Waals surface area contributed by atoms with Gasteiger partial charge in [-0.3, -0.25) is 32.4 Å². The van der Waals surface area contributed by atoms with E-state index in [4.69, 9.17) is 10.5 Å². The third-order valence-electron chi connectivity index (χ3n) is 18.6. The second-order valence-electron chi connectivity index (χ2n) is 27.4. The van der Waals surface area contributed by atoms with Crippen molar-refractivity contribution in [3.8, 4) is 11.6 Å². The first kappa shape index (κ1) is 86.9. The summed E-state index contributed by atoms with van der Waals surface area (Å²) in [5, 5.41) is 4.97. The number of alkyl halides is 6. The van der Waals surface area contributed by atoms with E-state index >= 15 is 0 Å². The van der Waals surface area contributed by atoms with Crippen LogP contribution < -0.4 is 26.0 Å². The fourth-order valence-electron chi connectivity index (χ4n) is 13.5. The molecule has 6 aromatic carbocycles. The minimum atomic E-state index is -5.71. The molecule has 40 heteroatoms. The number of halogens is 6. The summed E-state index contributed by atoms with van der Waals surface area (Å²) in [4.78, 5) is 39.2. The van der Waals surface area contributed by atoms with E-state index in [2.05, 4.69) is 19.8 Å². The number of rotatable bonds is 33. The summed E-state index contributed by atoms with van der Waals surface area (Å²) in [5.74, 6) is -5.95. The molecule has 3 heterocycles. The molecular formula is C72H77F6N6O22S6+. The smallest absolute Gasteiger partial charge is 0.439 e. The third kappa shape index (κ3) is 21.2. The first-order chi connectivity index (χ1) is 51.9. The molecule has 0 spiro atoms. The Bertz CT molecular complexity index is 5770. The molecule has 0 fully saturated rings. The van der Waals surface area contributed by atoms with Gasteiger partial charge >= 0.3 is 28.4 Å². The van der Waals surface area contributed by atoms with Crippen LogP contribution in [0.1, 0.15) is 129 Å². The molecule has 2 aliphatic heterocycles. The van der Waals surface area contributed by atoms with Crippen LogP contribution >= 0.6 is 0 Å². The van der Waals surface area contributed by atoms with Crippen LogP contribution in [0.15, 0.2) is 159 Å². The summed E-state index contributed by atoms with van der Waals surface area (Å²) in [6, 6.07) is 23.1. The Hall–Kier alpha value is -9.07. The number of carbonyl (C=O) groups excluding carboxylic acids is 3. The zero-order chi connectivity index (χ0) is 82.7. The van der Waals surface area contributed by atoms with Crippen LogP contribution in [-0.4, -0.2) is 150 Å². The Morgan fingerprint density at radius 2 is 1.21 bits per heavy atom. The van der Waals surface area contributed by atoms with Gasteiger partial charge in [-0.05, 0) is 164 Å². The highest BCUT2D eigenvalue weighted by molar-refractivity contribution is 7.88. The van der Waals surface area contributed by atoms with Crippen LogP contribution in [0.4, 0.5) is 37.7 Å². The summed E-state index contributed by atoms with van der Waals surface area (Å²) in [5.41, 5.74) is 4.50. The average Bonchev–Trinajstić information content (AvgIpc) is 1.56. The van der Waals surface area contributed by atoms with E-state index in [1.165, 1.54) is 65.2 Å². The zero-order valence-corrected chi connectivity index (χ0v) is 64.9. The maximum atomic E-state index is 13.4. The van der Waals surface area contributed by atoms with Crippen molar-refractivity contribution in [2.75, 3.05) is 42.6 Å². The predicted octanol–water partition coefficient (Wildman–Crippen LogP) is 11.3. The maximum absolute atomic E-state index is 13.4. The SMILES string of the molecule is CC1(C)C(/C=C/C(=C/C=C2\N(CCCS(=O)(=O)O)c3ccc4c(S(=O)(=O)O)cc(S(=O)(=O)O)cc4c3C2(C)C)c2cccc(CCCCC(=O)NCCCCCCNC(=O)c3cccc(Oc4cc(CN)cc(C(F)(F)F)n4)c3)c2)=[N+](CCCS(=O)(=O)OC(=O)C(F)(F)F)c2ccc3c(S(=O)(=O)O)cc(S(=O)(=O)O)cc3c21. The van der Waals surface area contributed by atoms with Gasteiger partial charge in [0.25, 0.3) is 56.5 Å². The first-order valence-electron chi connectivity index (χ1n) is 34.2. The number of anilines is 1. The summed E-state index contributed by atoms with van der Waals surface area (Å²) in [6.45, 7) is 6.25. The van der Waals surface area contributed by atoms with Crippen LogP contribution in [0.2, 0.25) is 0 Å². The van der Waals surface area contributed by atoms with Crippen molar-refractivity contribution in [2.45, 2.75) is 141 Å². The molecule has 604 valence electrons. The largest absolute Gasteiger partial charge is 0.492 e. The van der Waals surface area contributed by atoms with E-state index in [0.717, 1.165) is 23.8 Å². The molecule has 0 saturated carbocycles. The minimum absolute atomic E-state index is 0.0702. The lowest BCUT2D eigenvalue weighted by Gasteiger charge is -2.27. The lowest BCUT2D eigenvalue weighted by atomic mass is 9.78. The monoisotopic (exact) mass is 1680 g/mol. The standard InChI is InChI=1S/C72H76F6N6O22S6/c1-69(2)61(83(31-13-33-107(88,89)90)56-25-23-52-54(65(56)69)39-50(109(93,94)95)41-58(52)111(99,100)101)27-21-46(22-28-62-70(3,4)66-55-40-51(110(96,97)98)42-59(112(102,103)104)53(55)24-26-57(66)84(62)32-14-34-108(91,92)106-68(87)72(76,77)78)47-17-11-16-44(35-47)15-7-8-20-63(85)80-29-9-5-6-10-30-81-67(86)48-18-12-19-49(38-48)105-64-37-45(43-79)36-60(82-64)71(73,74)75/h11-12,16-19,21-28,35-42H,5-10,13-15,20,29-34,43,79H2,1-4H3,(H6-,80,81,85,86,88,89,90,93,94,95,96,97,98,99,100,101,102,103,104)/p+1. The number of benzene rings is 6. The quantitative estimate of drug-likeness (QED) is 0.00473. The molecule has 9 N–H and O–H groups in total. The second kappa shape index (κ2) is 33.5. The molecule has 2 aliphatic rings. The molecule has 0 saturated heterocycles. The molecule has 0 atom stereocenters. The predicted molar refractivity (Wildman–Crippen MR) is 399 cm³/mol. The molecular weight excluding hydrogens is 1610 g/mol. The fourth-order valence-corrected chi connectivity index (χ4v) is 17.6. The van der Waals surface area contributed by atoms with Crippen molar-refractivity contribution >= 4 is 123 Å². The zero-order valence-electron chi connectivity index (χ0n) is 60.0. The maximum Gasteiger partial charge on any atom is 0.492 e. The Labute approximate surface area is 641 Å². The second-order valence-corrected chi connectivity index (χ2v) is 36.3. The molecule has 0 aliphatic carbocycles. The minimum Gasteiger partial charge on any atom is -0.439 e. The van der Waals surface area contributed by atoms with Gasteiger partial charge in [-0.25, -0.2) is 9.78 Å². The molecule has 0 unspecified atom stereocenters. The molecule has 112 heavy (non-hydrogen) atoms. The number of nitrogens with one attached hydrogen (secondary N) is 2. The van der Waals surface area contributed by atoms with Crippen LogP contribution in [-0.2, 0) is 104 Å². The van der Waals surface area contributed by atoms with E-state index in [0.29, 0.717) is 87.0 Å². The summed E-state index contributed by atoms with van der Waals surface area (Å²) in [6.07, 6.45) is -1.09. The normalized spacial score (nSPS) is 15.3. The topological polar surface area (TPSA) is 445 Å². The van der Waals surface area contributed by atoms with Gasteiger partial charge in [0.2, 0.25) is 17.5 Å². The van der Waals surface area contributed by atoms with Crippen LogP contribution in [0.5, 0.6) is 11.6 Å². The van der Waals surface area contributed by atoms with E-state index in [1.54, 1.807) is 75.1 Å². The van der Waals surface area contributed by atoms with Crippen molar-refractivity contribution in [2.24, 2.45) is 5.73 Å². The molecule has 9 rings (SSSR count). The fraction of sp³-hybridized carbons (Fsp3) is 0.347. The number of fused-ring (bicyclic) bond motifs is 6. The number of unbranched alkanes of at least 4 members (excludes halogenated alkanes) is 4. The Kier molecular flexibility index (Phi) is 26.0. The van der Waals surface area contributed by atoms with Crippen molar-refractivity contribution in [3.05, 3.63) is 178 Å². The van der Waals surface area contributed by atoms with Gasteiger partial charge in [-0.1, -0.05) is 69.2 Å². The Morgan fingerprint density at radius 1 is 0.607 bits per heavy atom. The number of hydrogen-bond acceptors (Lipinski definition) is 20. The molecule has 2 amide bonds. The van der Waals surface area contributed by atoms with Crippen LogP contribution in [0.25, 0.3) is 27.1 Å². The van der Waals surface area contributed by atoms with E-state index < -0.39 is 146 Å². The highest BCUT2D eigenvalue weighted by atomic mass is 32.2. The van der Waals surface area contributed by atoms with E-state index in [-0.39, 0.29) is 104 Å². The van der Waals surface area contributed by atoms with Crippen molar-refractivity contribution in [1.29, 1.82) is 0 Å². The Balaban J connectivity index is 1.00. The number of aryl methyl sites for hydroxylation is 1. The number of aromatic nitrogens is 1. The molecule has 0 radical (unpaired) electrons. The highest BCUT2D eigenvalue weighted by Gasteiger charge is 2.48. The highest BCUT2D eigenvalue weighted by Crippen LogP contribution is 2.53. The van der Waals surface area contributed by atoms with Gasteiger partial charge < -0.3 is 30.2 Å². The molecule has 28 nitrogen and oxygen atoms in total. The van der Waals surface area contributed by atoms with Gasteiger partial charge in [-0.2, -0.15) is 81.4 Å². The number of pyridine rings is 1.